The van der Waals surface area contributed by atoms with Crippen molar-refractivity contribution in [1.82, 2.24) is 20.8 Å². The Morgan fingerprint density at radius 3 is 2.52 bits per heavy atom. The van der Waals surface area contributed by atoms with E-state index in [1.165, 1.54) is 0 Å². The molecule has 1 aromatic carbocycles. The number of rotatable bonds is 6. The van der Waals surface area contributed by atoms with Gasteiger partial charge in [-0.3, -0.25) is 0 Å². The number of ether oxygens (including phenoxy) is 2. The topological polar surface area (TPSA) is 116 Å². The number of benzene rings is 1. The zero-order valence-corrected chi connectivity index (χ0v) is 15.8. The molecular weight excluding hydrogens is 352 g/mol. The van der Waals surface area contributed by atoms with Crippen LogP contribution in [0.4, 0.5) is 9.59 Å². The van der Waals surface area contributed by atoms with Crippen LogP contribution in [0.5, 0.6) is 0 Å². The van der Waals surface area contributed by atoms with Gasteiger partial charge in [-0.15, -0.1) is 10.2 Å². The van der Waals surface area contributed by atoms with E-state index in [1.807, 2.05) is 30.3 Å². The van der Waals surface area contributed by atoms with Crippen LogP contribution in [0, 0.1) is 0 Å². The van der Waals surface area contributed by atoms with Gasteiger partial charge in [-0.2, -0.15) is 0 Å². The first-order chi connectivity index (χ1) is 12.7. The molecule has 0 fully saturated rings. The lowest BCUT2D eigenvalue weighted by atomic mass is 10.2. The predicted octanol–water partition coefficient (Wildman–Crippen LogP) is 3.08. The lowest BCUT2D eigenvalue weighted by molar-refractivity contribution is 0.0500. The lowest BCUT2D eigenvalue weighted by Crippen LogP contribution is -2.34. The zero-order chi connectivity index (χ0) is 19.9. The molecular formula is C18H24N4O5. The van der Waals surface area contributed by atoms with Crippen LogP contribution in [0.1, 0.15) is 51.1 Å². The van der Waals surface area contributed by atoms with Crippen molar-refractivity contribution < 1.29 is 23.5 Å². The van der Waals surface area contributed by atoms with Gasteiger partial charge in [-0.05, 0) is 33.3 Å². The summed E-state index contributed by atoms with van der Waals surface area (Å²) in [6, 6.07) is 8.79. The molecule has 0 spiro atoms. The Morgan fingerprint density at radius 2 is 1.85 bits per heavy atom. The van der Waals surface area contributed by atoms with Gasteiger partial charge in [-0.25, -0.2) is 9.59 Å². The Hall–Kier alpha value is -3.10. The third-order valence-corrected chi connectivity index (χ3v) is 3.18. The van der Waals surface area contributed by atoms with Crippen molar-refractivity contribution >= 4 is 12.2 Å². The van der Waals surface area contributed by atoms with Gasteiger partial charge in [0, 0.05) is 0 Å². The molecule has 1 heterocycles. The summed E-state index contributed by atoms with van der Waals surface area (Å²) in [5.74, 6) is 0.398. The highest BCUT2D eigenvalue weighted by Crippen LogP contribution is 2.13. The molecule has 9 heteroatoms. The van der Waals surface area contributed by atoms with Gasteiger partial charge < -0.3 is 24.5 Å². The molecule has 1 atom stereocenters. The molecule has 2 rings (SSSR count). The van der Waals surface area contributed by atoms with E-state index in [4.69, 9.17) is 13.9 Å². The monoisotopic (exact) mass is 376 g/mol. The molecule has 2 amide bonds. The van der Waals surface area contributed by atoms with E-state index in [0.29, 0.717) is 0 Å². The summed E-state index contributed by atoms with van der Waals surface area (Å²) in [6.07, 6.45) is -1.18. The number of aromatic nitrogens is 2. The fourth-order valence-electron chi connectivity index (χ4n) is 1.98. The highest BCUT2D eigenvalue weighted by atomic mass is 16.6. The van der Waals surface area contributed by atoms with Crippen molar-refractivity contribution in [2.45, 2.75) is 52.5 Å². The Kier molecular flexibility index (Phi) is 6.75. The van der Waals surface area contributed by atoms with Crippen molar-refractivity contribution in [3.05, 3.63) is 47.7 Å². The number of nitrogens with zero attached hydrogens (tertiary/aromatic N) is 2. The molecule has 0 saturated heterocycles. The molecule has 0 bridgehead atoms. The second-order valence-electron chi connectivity index (χ2n) is 6.82. The molecule has 9 nitrogen and oxygen atoms in total. The molecule has 1 aromatic heterocycles. The van der Waals surface area contributed by atoms with Crippen LogP contribution in [-0.2, 0) is 22.6 Å². The molecule has 0 aliphatic heterocycles. The lowest BCUT2D eigenvalue weighted by Gasteiger charge is -2.20. The minimum atomic E-state index is -0.603. The van der Waals surface area contributed by atoms with E-state index in [1.54, 1.807) is 27.7 Å². The molecule has 0 aliphatic rings. The number of hydrogen-bond donors (Lipinski definition) is 2. The Labute approximate surface area is 157 Å². The molecule has 2 aromatic rings. The zero-order valence-electron chi connectivity index (χ0n) is 15.8. The van der Waals surface area contributed by atoms with Crippen LogP contribution in [0.25, 0.3) is 0 Å². The maximum absolute atomic E-state index is 11.8. The second-order valence-corrected chi connectivity index (χ2v) is 6.82. The predicted molar refractivity (Wildman–Crippen MR) is 95.5 cm³/mol. The summed E-state index contributed by atoms with van der Waals surface area (Å²) in [5, 5.41) is 12.8. The van der Waals surface area contributed by atoms with E-state index in [9.17, 15) is 9.59 Å². The first-order valence-electron chi connectivity index (χ1n) is 8.49. The minimum Gasteiger partial charge on any atom is -0.445 e. The maximum atomic E-state index is 11.8. The van der Waals surface area contributed by atoms with Crippen molar-refractivity contribution in [1.29, 1.82) is 0 Å². The Bertz CT molecular complexity index is 755. The smallest absolute Gasteiger partial charge is 0.408 e. The third kappa shape index (κ3) is 7.35. The number of carbonyl (C=O) groups is 2. The van der Waals surface area contributed by atoms with Crippen LogP contribution < -0.4 is 10.6 Å². The molecule has 0 radical (unpaired) electrons. The summed E-state index contributed by atoms with van der Waals surface area (Å²) >= 11 is 0. The number of carbonyl (C=O) groups excluding carboxylic acids is 2. The fourth-order valence-corrected chi connectivity index (χ4v) is 1.98. The van der Waals surface area contributed by atoms with Crippen LogP contribution in [0.3, 0.4) is 0 Å². The molecule has 0 unspecified atom stereocenters. The largest absolute Gasteiger partial charge is 0.445 e. The van der Waals surface area contributed by atoms with Gasteiger partial charge in [0.2, 0.25) is 11.8 Å². The number of alkyl carbamates (subject to hydrolysis) is 2. The number of nitrogens with one attached hydrogen (secondary N) is 2. The number of amides is 2. The first kappa shape index (κ1) is 20.2. The standard InChI is InChI=1S/C18H24N4O5/c1-12(20-17(24)27-18(2,3)4)15-22-21-14(26-15)10-19-16(23)25-11-13-8-6-5-7-9-13/h5-9,12H,10-11H2,1-4H3,(H,19,23)(H,20,24)/t12-/m0/s1. The van der Waals surface area contributed by atoms with Gasteiger partial charge in [0.25, 0.3) is 0 Å². The van der Waals surface area contributed by atoms with Crippen molar-refractivity contribution in [3.8, 4) is 0 Å². The van der Waals surface area contributed by atoms with E-state index < -0.39 is 23.8 Å². The summed E-state index contributed by atoms with van der Waals surface area (Å²) in [6.45, 7) is 7.17. The fraction of sp³-hybridized carbons (Fsp3) is 0.444. The minimum absolute atomic E-state index is 0.0137. The Morgan fingerprint density at radius 1 is 1.15 bits per heavy atom. The average molecular weight is 376 g/mol. The summed E-state index contributed by atoms with van der Waals surface area (Å²) in [4.78, 5) is 23.5. The molecule has 0 aliphatic carbocycles. The normalized spacial score (nSPS) is 12.1. The summed E-state index contributed by atoms with van der Waals surface area (Å²) in [5.41, 5.74) is 0.281. The summed E-state index contributed by atoms with van der Waals surface area (Å²) < 4.78 is 15.7. The average Bonchev–Trinajstić information content (AvgIpc) is 3.06. The van der Waals surface area contributed by atoms with E-state index in [0.717, 1.165) is 5.56 Å². The number of hydrogen-bond acceptors (Lipinski definition) is 7. The van der Waals surface area contributed by atoms with Crippen LogP contribution in [0.2, 0.25) is 0 Å². The van der Waals surface area contributed by atoms with E-state index in [-0.39, 0.29) is 24.9 Å². The third-order valence-electron chi connectivity index (χ3n) is 3.18. The highest BCUT2D eigenvalue weighted by molar-refractivity contribution is 5.68. The second kappa shape index (κ2) is 9.02. The Balaban J connectivity index is 1.76. The van der Waals surface area contributed by atoms with Crippen LogP contribution in [-0.4, -0.2) is 28.0 Å². The van der Waals surface area contributed by atoms with Crippen molar-refractivity contribution in [3.63, 3.8) is 0 Å². The van der Waals surface area contributed by atoms with Gasteiger partial charge in [0.15, 0.2) is 0 Å². The van der Waals surface area contributed by atoms with Gasteiger partial charge in [-0.1, -0.05) is 30.3 Å². The molecule has 0 saturated carbocycles. The summed E-state index contributed by atoms with van der Waals surface area (Å²) in [7, 11) is 0. The van der Waals surface area contributed by atoms with Crippen molar-refractivity contribution in [2.75, 3.05) is 0 Å². The van der Waals surface area contributed by atoms with E-state index >= 15 is 0 Å². The van der Waals surface area contributed by atoms with Crippen molar-refractivity contribution in [2.24, 2.45) is 0 Å². The molecule has 2 N–H and O–H groups in total. The quantitative estimate of drug-likeness (QED) is 0.796. The van der Waals surface area contributed by atoms with Crippen LogP contribution >= 0.6 is 0 Å². The van der Waals surface area contributed by atoms with E-state index in [2.05, 4.69) is 20.8 Å². The van der Waals surface area contributed by atoms with Crippen LogP contribution in [0.15, 0.2) is 34.7 Å². The van der Waals surface area contributed by atoms with Gasteiger partial charge >= 0.3 is 12.2 Å². The van der Waals surface area contributed by atoms with Gasteiger partial charge in [0.05, 0.1) is 6.54 Å². The maximum Gasteiger partial charge on any atom is 0.408 e. The first-order valence-corrected chi connectivity index (χ1v) is 8.49. The highest BCUT2D eigenvalue weighted by Gasteiger charge is 2.21. The van der Waals surface area contributed by atoms with Gasteiger partial charge in [0.1, 0.15) is 18.2 Å². The molecule has 27 heavy (non-hydrogen) atoms. The molecule has 146 valence electrons. The SMILES string of the molecule is C[C@H](NC(=O)OC(C)(C)C)c1nnc(CNC(=O)OCc2ccccc2)o1.